The van der Waals surface area contributed by atoms with Gasteiger partial charge in [-0.25, -0.2) is 0 Å². The summed E-state index contributed by atoms with van der Waals surface area (Å²) in [5.41, 5.74) is 2.90. The van der Waals surface area contributed by atoms with Crippen LogP contribution in [-0.2, 0) is 0 Å². The Balaban J connectivity index is 2.41. The van der Waals surface area contributed by atoms with Crippen molar-refractivity contribution in [1.29, 1.82) is 0 Å². The van der Waals surface area contributed by atoms with Gasteiger partial charge in [0, 0.05) is 12.1 Å². The smallest absolute Gasteiger partial charge is 0.00104 e. The third-order valence-corrected chi connectivity index (χ3v) is 5.68. The Morgan fingerprint density at radius 2 is 0.857 bits per heavy atom. The van der Waals surface area contributed by atoms with Gasteiger partial charge in [0.2, 0.25) is 0 Å². The Labute approximate surface area is 173 Å². The van der Waals surface area contributed by atoms with Crippen LogP contribution in [0.1, 0.15) is 64.5 Å². The fourth-order valence-corrected chi connectivity index (χ4v) is 4.23. The SMILES string of the molecule is CC(C)NC[C@@H](C)[C@H](c1ccccc1)[C@@H](c1ccccc1)[C@@H](C)CNC(C)C. The number of hydrogen-bond acceptors (Lipinski definition) is 2. The number of hydrogen-bond donors (Lipinski definition) is 2. The molecule has 0 saturated heterocycles. The van der Waals surface area contributed by atoms with E-state index in [0.29, 0.717) is 35.8 Å². The molecule has 2 heteroatoms. The highest BCUT2D eigenvalue weighted by Crippen LogP contribution is 2.43. The van der Waals surface area contributed by atoms with Crippen molar-refractivity contribution in [3.05, 3.63) is 71.8 Å². The molecule has 2 nitrogen and oxygen atoms in total. The largest absolute Gasteiger partial charge is 0.314 e. The van der Waals surface area contributed by atoms with Crippen LogP contribution < -0.4 is 10.6 Å². The van der Waals surface area contributed by atoms with E-state index in [4.69, 9.17) is 0 Å². The Hall–Kier alpha value is -1.64. The van der Waals surface area contributed by atoms with Gasteiger partial charge >= 0.3 is 0 Å². The molecule has 0 bridgehead atoms. The summed E-state index contributed by atoms with van der Waals surface area (Å²) < 4.78 is 0. The highest BCUT2D eigenvalue weighted by molar-refractivity contribution is 5.30. The first-order valence-electron chi connectivity index (χ1n) is 11.0. The van der Waals surface area contributed by atoms with E-state index < -0.39 is 0 Å². The minimum Gasteiger partial charge on any atom is -0.314 e. The molecule has 0 heterocycles. The maximum Gasteiger partial charge on any atom is 0.00104 e. The van der Waals surface area contributed by atoms with Crippen LogP contribution in [0, 0.1) is 11.8 Å². The first kappa shape index (κ1) is 22.6. The maximum atomic E-state index is 3.68. The van der Waals surface area contributed by atoms with Crippen molar-refractivity contribution in [1.82, 2.24) is 10.6 Å². The fourth-order valence-electron chi connectivity index (χ4n) is 4.23. The van der Waals surface area contributed by atoms with E-state index in [9.17, 15) is 0 Å². The van der Waals surface area contributed by atoms with Crippen LogP contribution in [0.15, 0.2) is 60.7 Å². The normalized spacial score (nSPS) is 16.1. The van der Waals surface area contributed by atoms with Gasteiger partial charge in [-0.1, -0.05) is 102 Å². The van der Waals surface area contributed by atoms with Gasteiger partial charge in [-0.15, -0.1) is 0 Å². The topological polar surface area (TPSA) is 24.1 Å². The Bertz CT molecular complexity index is 591. The van der Waals surface area contributed by atoms with E-state index in [1.165, 1.54) is 11.1 Å². The zero-order valence-electron chi connectivity index (χ0n) is 18.7. The summed E-state index contributed by atoms with van der Waals surface area (Å²) in [6, 6.07) is 23.3. The molecule has 2 N–H and O–H groups in total. The Kier molecular flexibility index (Phi) is 9.21. The molecule has 154 valence electrons. The maximum absolute atomic E-state index is 3.68. The molecule has 0 unspecified atom stereocenters. The summed E-state index contributed by atoms with van der Waals surface area (Å²) in [6.45, 7) is 15.8. The van der Waals surface area contributed by atoms with E-state index in [1.54, 1.807) is 0 Å². The highest BCUT2D eigenvalue weighted by Gasteiger charge is 2.33. The third kappa shape index (κ3) is 6.76. The molecule has 2 rings (SSSR count). The van der Waals surface area contributed by atoms with Crippen LogP contribution in [0.25, 0.3) is 0 Å². The molecule has 0 aliphatic rings. The second-order valence-corrected chi connectivity index (χ2v) is 8.95. The van der Waals surface area contributed by atoms with Crippen molar-refractivity contribution in [3.63, 3.8) is 0 Å². The number of rotatable bonds is 11. The summed E-state index contributed by atoms with van der Waals surface area (Å²) in [6.07, 6.45) is 0. The van der Waals surface area contributed by atoms with E-state index in [-0.39, 0.29) is 0 Å². The standard InChI is InChI=1S/C26H40N2/c1-19(2)27-17-21(5)25(23-13-9-7-10-14-23)26(22(6)18-28-20(3)4)24-15-11-8-12-16-24/h7-16,19-22,25-28H,17-18H2,1-6H3/t21-,22+,25-,26-/m1/s1. The van der Waals surface area contributed by atoms with Gasteiger partial charge in [0.25, 0.3) is 0 Å². The second kappa shape index (κ2) is 11.4. The summed E-state index contributed by atoms with van der Waals surface area (Å²) in [5, 5.41) is 7.35. The number of benzene rings is 2. The van der Waals surface area contributed by atoms with Gasteiger partial charge < -0.3 is 10.6 Å². The van der Waals surface area contributed by atoms with Gasteiger partial charge in [0.1, 0.15) is 0 Å². The lowest BCUT2D eigenvalue weighted by Crippen LogP contribution is -2.37. The zero-order chi connectivity index (χ0) is 20.5. The van der Waals surface area contributed by atoms with Crippen molar-refractivity contribution >= 4 is 0 Å². The summed E-state index contributed by atoms with van der Waals surface area (Å²) in [7, 11) is 0. The van der Waals surface area contributed by atoms with Gasteiger partial charge in [-0.05, 0) is 47.9 Å². The number of nitrogens with one attached hydrogen (secondary N) is 2. The molecule has 0 fully saturated rings. The van der Waals surface area contributed by atoms with E-state index in [0.717, 1.165) is 13.1 Å². The monoisotopic (exact) mass is 380 g/mol. The van der Waals surface area contributed by atoms with Crippen molar-refractivity contribution in [2.45, 2.75) is 65.5 Å². The Morgan fingerprint density at radius 3 is 1.14 bits per heavy atom. The Morgan fingerprint density at radius 1 is 0.536 bits per heavy atom. The van der Waals surface area contributed by atoms with E-state index >= 15 is 0 Å². The average Bonchev–Trinajstić information content (AvgIpc) is 2.69. The molecule has 0 aromatic heterocycles. The van der Waals surface area contributed by atoms with E-state index in [1.807, 2.05) is 0 Å². The molecule has 0 aliphatic carbocycles. The second-order valence-electron chi connectivity index (χ2n) is 8.95. The summed E-state index contributed by atoms with van der Waals surface area (Å²) in [4.78, 5) is 0. The van der Waals surface area contributed by atoms with Crippen LogP contribution in [0.2, 0.25) is 0 Å². The van der Waals surface area contributed by atoms with Gasteiger partial charge in [0.05, 0.1) is 0 Å². The quantitative estimate of drug-likeness (QED) is 0.513. The molecule has 0 spiro atoms. The van der Waals surface area contributed by atoms with Gasteiger partial charge in [-0.3, -0.25) is 0 Å². The molecule has 28 heavy (non-hydrogen) atoms. The first-order valence-corrected chi connectivity index (χ1v) is 11.0. The van der Waals surface area contributed by atoms with Crippen LogP contribution >= 0.6 is 0 Å². The van der Waals surface area contributed by atoms with Crippen LogP contribution in [0.4, 0.5) is 0 Å². The molecule has 4 atom stereocenters. The lowest BCUT2D eigenvalue weighted by Gasteiger charge is -2.37. The van der Waals surface area contributed by atoms with Gasteiger partial charge in [0.15, 0.2) is 0 Å². The van der Waals surface area contributed by atoms with Crippen LogP contribution in [-0.4, -0.2) is 25.2 Å². The first-order chi connectivity index (χ1) is 13.4. The minimum absolute atomic E-state index is 0.471. The third-order valence-electron chi connectivity index (χ3n) is 5.68. The highest BCUT2D eigenvalue weighted by atomic mass is 14.9. The zero-order valence-corrected chi connectivity index (χ0v) is 18.7. The van der Waals surface area contributed by atoms with Crippen molar-refractivity contribution in [2.24, 2.45) is 11.8 Å². The molecule has 0 radical (unpaired) electrons. The van der Waals surface area contributed by atoms with Crippen LogP contribution in [0.5, 0.6) is 0 Å². The average molecular weight is 381 g/mol. The molecule has 0 amide bonds. The fraction of sp³-hybridized carbons (Fsp3) is 0.538. The van der Waals surface area contributed by atoms with Crippen molar-refractivity contribution in [3.8, 4) is 0 Å². The van der Waals surface area contributed by atoms with Crippen molar-refractivity contribution in [2.75, 3.05) is 13.1 Å². The molecular weight excluding hydrogens is 340 g/mol. The lowest BCUT2D eigenvalue weighted by atomic mass is 9.69. The van der Waals surface area contributed by atoms with E-state index in [2.05, 4.69) is 113 Å². The molecule has 0 saturated carbocycles. The van der Waals surface area contributed by atoms with Crippen molar-refractivity contribution < 1.29 is 0 Å². The summed E-state index contributed by atoms with van der Waals surface area (Å²) >= 11 is 0. The molecule has 2 aromatic rings. The van der Waals surface area contributed by atoms with Crippen LogP contribution in [0.3, 0.4) is 0 Å². The predicted molar refractivity (Wildman–Crippen MR) is 123 cm³/mol. The molecule has 0 aliphatic heterocycles. The lowest BCUT2D eigenvalue weighted by molar-refractivity contribution is 0.294. The molecular formula is C26H40N2. The predicted octanol–water partition coefficient (Wildman–Crippen LogP) is 5.82. The minimum atomic E-state index is 0.471. The van der Waals surface area contributed by atoms with Gasteiger partial charge in [-0.2, -0.15) is 0 Å². The summed E-state index contributed by atoms with van der Waals surface area (Å²) in [5.74, 6) is 2.02. The molecule has 2 aromatic carbocycles.